The first-order valence-electron chi connectivity index (χ1n) is 12.5. The van der Waals surface area contributed by atoms with Gasteiger partial charge >= 0.3 is 6.03 Å². The molecule has 0 bridgehead atoms. The summed E-state index contributed by atoms with van der Waals surface area (Å²) in [6.45, 7) is 13.0. The first kappa shape index (κ1) is 23.2. The molecule has 178 valence electrons. The first-order valence-corrected chi connectivity index (χ1v) is 12.5. The van der Waals surface area contributed by atoms with Gasteiger partial charge in [-0.05, 0) is 70.5 Å². The summed E-state index contributed by atoms with van der Waals surface area (Å²) in [5.41, 5.74) is 1.20. The quantitative estimate of drug-likeness (QED) is 0.630. The number of urea groups is 1. The van der Waals surface area contributed by atoms with Gasteiger partial charge in [0.2, 0.25) is 0 Å². The summed E-state index contributed by atoms with van der Waals surface area (Å²) in [6, 6.07) is 9.07. The highest BCUT2D eigenvalue weighted by molar-refractivity contribution is 5.75. The van der Waals surface area contributed by atoms with Crippen molar-refractivity contribution in [2.75, 3.05) is 70.5 Å². The van der Waals surface area contributed by atoms with Crippen molar-refractivity contribution in [3.8, 4) is 5.75 Å². The topological polar surface area (TPSA) is 48.5 Å². The Bertz CT molecular complexity index is 716. The molecule has 0 unspecified atom stereocenters. The van der Waals surface area contributed by atoms with Crippen molar-refractivity contribution in [1.29, 1.82) is 0 Å². The molecule has 3 fully saturated rings. The van der Waals surface area contributed by atoms with Gasteiger partial charge in [-0.15, -0.1) is 0 Å². The van der Waals surface area contributed by atoms with E-state index in [1.807, 2.05) is 9.80 Å². The molecule has 3 aliphatic rings. The van der Waals surface area contributed by atoms with E-state index in [4.69, 9.17) is 9.47 Å². The van der Waals surface area contributed by atoms with Gasteiger partial charge in [-0.2, -0.15) is 0 Å². The van der Waals surface area contributed by atoms with Crippen LogP contribution < -0.4 is 9.64 Å². The monoisotopic (exact) mass is 444 g/mol. The number of nitrogens with zero attached hydrogens (tertiary/aromatic N) is 4. The van der Waals surface area contributed by atoms with Crippen LogP contribution in [-0.4, -0.2) is 98.4 Å². The van der Waals surface area contributed by atoms with Gasteiger partial charge in [-0.3, -0.25) is 0 Å². The van der Waals surface area contributed by atoms with E-state index in [9.17, 15) is 4.79 Å². The highest BCUT2D eigenvalue weighted by atomic mass is 16.5. The lowest BCUT2D eigenvalue weighted by Crippen LogP contribution is -2.61. The van der Waals surface area contributed by atoms with E-state index in [1.165, 1.54) is 38.0 Å². The highest BCUT2D eigenvalue weighted by Crippen LogP contribution is 2.26. The predicted molar refractivity (Wildman–Crippen MR) is 128 cm³/mol. The second-order valence-corrected chi connectivity index (χ2v) is 9.48. The number of morpholine rings is 1. The van der Waals surface area contributed by atoms with Crippen molar-refractivity contribution in [2.24, 2.45) is 0 Å². The second-order valence-electron chi connectivity index (χ2n) is 9.48. The van der Waals surface area contributed by atoms with Crippen LogP contribution in [0.4, 0.5) is 10.5 Å². The molecule has 2 amide bonds. The fourth-order valence-corrected chi connectivity index (χ4v) is 5.08. The summed E-state index contributed by atoms with van der Waals surface area (Å²) in [5, 5.41) is 0. The lowest BCUT2D eigenvalue weighted by atomic mass is 10.1. The third kappa shape index (κ3) is 5.87. The number of benzene rings is 1. The van der Waals surface area contributed by atoms with Crippen LogP contribution in [-0.2, 0) is 4.74 Å². The molecular formula is C25H40N4O3. The Labute approximate surface area is 193 Å². The van der Waals surface area contributed by atoms with Gasteiger partial charge in [0, 0.05) is 50.5 Å². The van der Waals surface area contributed by atoms with Crippen LogP contribution in [0.15, 0.2) is 24.3 Å². The van der Waals surface area contributed by atoms with Crippen molar-refractivity contribution in [3.63, 3.8) is 0 Å². The van der Waals surface area contributed by atoms with Gasteiger partial charge < -0.3 is 29.1 Å². The average molecular weight is 445 g/mol. The SMILES string of the molecule is C[C@@H]1CN(c2ccc(OCCCN3CCCCC3)cc2)[C@H](C)CN1C(=O)N1CCOCC1. The minimum atomic E-state index is 0.153. The van der Waals surface area contributed by atoms with E-state index in [0.717, 1.165) is 38.4 Å². The number of hydrogen-bond acceptors (Lipinski definition) is 5. The maximum absolute atomic E-state index is 13.0. The minimum Gasteiger partial charge on any atom is -0.494 e. The zero-order valence-electron chi connectivity index (χ0n) is 19.9. The molecule has 4 rings (SSSR count). The van der Waals surface area contributed by atoms with Crippen LogP contribution in [0.25, 0.3) is 0 Å². The molecule has 3 aliphatic heterocycles. The van der Waals surface area contributed by atoms with Gasteiger partial charge in [0.15, 0.2) is 0 Å². The predicted octanol–water partition coefficient (Wildman–Crippen LogP) is 3.29. The van der Waals surface area contributed by atoms with Crippen LogP contribution in [0.3, 0.4) is 0 Å². The third-order valence-corrected chi connectivity index (χ3v) is 7.02. The summed E-state index contributed by atoms with van der Waals surface area (Å²) in [4.78, 5) is 21.9. The molecule has 0 N–H and O–H groups in total. The molecule has 1 aromatic rings. The number of hydrogen-bond donors (Lipinski definition) is 0. The first-order chi connectivity index (χ1) is 15.6. The van der Waals surface area contributed by atoms with Gasteiger partial charge in [-0.25, -0.2) is 4.79 Å². The molecule has 2 atom stereocenters. The van der Waals surface area contributed by atoms with Gasteiger partial charge in [0.05, 0.1) is 19.8 Å². The highest BCUT2D eigenvalue weighted by Gasteiger charge is 2.34. The number of amides is 2. The molecule has 0 spiro atoms. The summed E-state index contributed by atoms with van der Waals surface area (Å²) in [6.07, 6.45) is 5.15. The summed E-state index contributed by atoms with van der Waals surface area (Å²) in [7, 11) is 0. The Balaban J connectivity index is 1.25. The largest absolute Gasteiger partial charge is 0.494 e. The molecule has 1 aromatic carbocycles. The number of carbonyl (C=O) groups excluding carboxylic acids is 1. The van der Waals surface area contributed by atoms with Crippen molar-refractivity contribution in [2.45, 2.75) is 51.6 Å². The maximum atomic E-state index is 13.0. The summed E-state index contributed by atoms with van der Waals surface area (Å²) < 4.78 is 11.4. The van der Waals surface area contributed by atoms with Gasteiger partial charge in [-0.1, -0.05) is 6.42 Å². The molecule has 0 radical (unpaired) electrons. The number of rotatable bonds is 6. The number of anilines is 1. The van der Waals surface area contributed by atoms with E-state index in [2.05, 4.69) is 47.9 Å². The van der Waals surface area contributed by atoms with E-state index in [-0.39, 0.29) is 18.1 Å². The van der Waals surface area contributed by atoms with E-state index >= 15 is 0 Å². The Morgan fingerprint density at radius 2 is 1.69 bits per heavy atom. The zero-order chi connectivity index (χ0) is 22.3. The van der Waals surface area contributed by atoms with Crippen LogP contribution in [0.1, 0.15) is 39.5 Å². The van der Waals surface area contributed by atoms with Crippen LogP contribution >= 0.6 is 0 Å². The van der Waals surface area contributed by atoms with Crippen LogP contribution in [0.5, 0.6) is 5.75 Å². The zero-order valence-corrected chi connectivity index (χ0v) is 19.9. The molecule has 0 aromatic heterocycles. The van der Waals surface area contributed by atoms with E-state index in [0.29, 0.717) is 26.3 Å². The number of piperidine rings is 1. The fraction of sp³-hybridized carbons (Fsp3) is 0.720. The summed E-state index contributed by atoms with van der Waals surface area (Å²) >= 11 is 0. The lowest BCUT2D eigenvalue weighted by molar-refractivity contribution is 0.0374. The Morgan fingerprint density at radius 1 is 0.969 bits per heavy atom. The minimum absolute atomic E-state index is 0.153. The lowest BCUT2D eigenvalue weighted by Gasteiger charge is -2.47. The Morgan fingerprint density at radius 3 is 2.41 bits per heavy atom. The molecule has 0 aliphatic carbocycles. The third-order valence-electron chi connectivity index (χ3n) is 7.02. The molecule has 0 saturated carbocycles. The van der Waals surface area contributed by atoms with Crippen LogP contribution in [0.2, 0.25) is 0 Å². The van der Waals surface area contributed by atoms with Gasteiger partial charge in [0.25, 0.3) is 0 Å². The van der Waals surface area contributed by atoms with E-state index < -0.39 is 0 Å². The molecule has 3 heterocycles. The van der Waals surface area contributed by atoms with Crippen molar-refractivity contribution in [1.82, 2.24) is 14.7 Å². The molecule has 7 heteroatoms. The number of likely N-dealkylation sites (tertiary alicyclic amines) is 1. The average Bonchev–Trinajstić information content (AvgIpc) is 2.84. The van der Waals surface area contributed by atoms with E-state index in [1.54, 1.807) is 0 Å². The Hall–Kier alpha value is -1.99. The number of carbonyl (C=O) groups is 1. The molecular weight excluding hydrogens is 404 g/mol. The maximum Gasteiger partial charge on any atom is 0.320 e. The van der Waals surface area contributed by atoms with Crippen LogP contribution in [0, 0.1) is 0 Å². The van der Waals surface area contributed by atoms with Crippen molar-refractivity contribution >= 4 is 11.7 Å². The number of piperazine rings is 1. The Kier molecular flexibility index (Phi) is 8.14. The fourth-order valence-electron chi connectivity index (χ4n) is 5.08. The molecule has 3 saturated heterocycles. The van der Waals surface area contributed by atoms with Gasteiger partial charge in [0.1, 0.15) is 5.75 Å². The standard InChI is InChI=1S/C25H40N4O3/c1-21-20-29(25(30)27-14-17-31-18-15-27)22(2)19-28(21)23-7-9-24(10-8-23)32-16-6-13-26-11-4-3-5-12-26/h7-10,21-22H,3-6,11-20H2,1-2H3/t21-,22-/m1/s1. The smallest absolute Gasteiger partial charge is 0.320 e. The van der Waals surface area contributed by atoms with Crippen molar-refractivity contribution < 1.29 is 14.3 Å². The second kappa shape index (κ2) is 11.2. The molecule has 32 heavy (non-hydrogen) atoms. The normalized spacial score (nSPS) is 25.1. The molecule has 7 nitrogen and oxygen atoms in total. The summed E-state index contributed by atoms with van der Waals surface area (Å²) in [5.74, 6) is 0.939. The number of ether oxygens (including phenoxy) is 2. The van der Waals surface area contributed by atoms with Crippen molar-refractivity contribution in [3.05, 3.63) is 24.3 Å².